The monoisotopic (exact) mass is 386 g/mol. The zero-order chi connectivity index (χ0) is 20.1. The summed E-state index contributed by atoms with van der Waals surface area (Å²) in [6.45, 7) is 3.75. The highest BCUT2D eigenvalue weighted by molar-refractivity contribution is 5.90. The van der Waals surface area contributed by atoms with E-state index in [0.717, 1.165) is 54.0 Å². The summed E-state index contributed by atoms with van der Waals surface area (Å²) in [5.74, 6) is 0. The fourth-order valence-electron chi connectivity index (χ4n) is 3.95. The molecule has 2 heterocycles. The number of amides is 2. The first-order chi connectivity index (χ1) is 14.1. The molecule has 3 aromatic rings. The minimum absolute atomic E-state index is 0.178. The molecule has 1 aromatic heterocycles. The van der Waals surface area contributed by atoms with Crippen LogP contribution in [0.25, 0.3) is 11.1 Å². The lowest BCUT2D eigenvalue weighted by Crippen LogP contribution is -2.53. The van der Waals surface area contributed by atoms with Gasteiger partial charge < -0.3 is 16.0 Å². The molecular weight excluding hydrogens is 360 g/mol. The minimum atomic E-state index is -0.342. The highest BCUT2D eigenvalue weighted by Crippen LogP contribution is 2.31. The van der Waals surface area contributed by atoms with Gasteiger partial charge in [0.05, 0.1) is 5.54 Å². The summed E-state index contributed by atoms with van der Waals surface area (Å²) in [7, 11) is 0. The lowest BCUT2D eigenvalue weighted by molar-refractivity contribution is 0.217. The number of hydrogen-bond acceptors (Lipinski definition) is 3. The van der Waals surface area contributed by atoms with E-state index in [1.165, 1.54) is 0 Å². The molecule has 4 rings (SSSR count). The van der Waals surface area contributed by atoms with E-state index >= 15 is 0 Å². The van der Waals surface area contributed by atoms with Crippen molar-refractivity contribution in [3.63, 3.8) is 0 Å². The zero-order valence-corrected chi connectivity index (χ0v) is 16.6. The van der Waals surface area contributed by atoms with Crippen LogP contribution in [-0.2, 0) is 5.54 Å². The number of hydrogen-bond donors (Lipinski definition) is 3. The number of piperidine rings is 1. The van der Waals surface area contributed by atoms with Crippen LogP contribution in [0.4, 0.5) is 10.5 Å². The van der Waals surface area contributed by atoms with E-state index in [-0.39, 0.29) is 11.6 Å². The van der Waals surface area contributed by atoms with Crippen LogP contribution in [-0.4, -0.2) is 24.1 Å². The van der Waals surface area contributed by atoms with Gasteiger partial charge in [0.1, 0.15) is 0 Å². The number of aromatic nitrogens is 1. The summed E-state index contributed by atoms with van der Waals surface area (Å²) in [4.78, 5) is 17.0. The molecule has 2 aromatic carbocycles. The number of benzene rings is 2. The van der Waals surface area contributed by atoms with E-state index in [0.29, 0.717) is 0 Å². The highest BCUT2D eigenvalue weighted by Gasteiger charge is 2.35. The Bertz CT molecular complexity index is 964. The summed E-state index contributed by atoms with van der Waals surface area (Å²) in [5.41, 5.74) is 4.78. The van der Waals surface area contributed by atoms with Crippen molar-refractivity contribution < 1.29 is 4.79 Å². The van der Waals surface area contributed by atoms with Gasteiger partial charge in [0.25, 0.3) is 0 Å². The number of carbonyl (C=O) groups is 1. The number of aryl methyl sites for hydroxylation is 1. The van der Waals surface area contributed by atoms with Crippen LogP contribution in [0.15, 0.2) is 72.9 Å². The van der Waals surface area contributed by atoms with E-state index in [4.69, 9.17) is 0 Å². The molecule has 0 aliphatic carbocycles. The van der Waals surface area contributed by atoms with Crippen molar-refractivity contribution in [1.29, 1.82) is 0 Å². The van der Waals surface area contributed by atoms with Crippen molar-refractivity contribution in [1.82, 2.24) is 15.6 Å². The van der Waals surface area contributed by atoms with Gasteiger partial charge in [-0.25, -0.2) is 4.79 Å². The molecule has 0 unspecified atom stereocenters. The van der Waals surface area contributed by atoms with Crippen molar-refractivity contribution in [3.8, 4) is 11.1 Å². The van der Waals surface area contributed by atoms with Gasteiger partial charge in [-0.05, 0) is 73.8 Å². The van der Waals surface area contributed by atoms with Gasteiger partial charge in [-0.2, -0.15) is 0 Å². The third-order valence-corrected chi connectivity index (χ3v) is 5.51. The average molecular weight is 386 g/mol. The largest absolute Gasteiger partial charge is 0.328 e. The zero-order valence-electron chi connectivity index (χ0n) is 16.6. The lowest BCUT2D eigenvalue weighted by Gasteiger charge is -2.39. The van der Waals surface area contributed by atoms with Gasteiger partial charge >= 0.3 is 6.03 Å². The molecule has 1 aliphatic rings. The molecule has 5 heteroatoms. The first-order valence-corrected chi connectivity index (χ1v) is 10.0. The Balaban J connectivity index is 1.47. The molecule has 29 heavy (non-hydrogen) atoms. The molecule has 1 aliphatic heterocycles. The van der Waals surface area contributed by atoms with Crippen molar-refractivity contribution >= 4 is 11.7 Å². The first-order valence-electron chi connectivity index (χ1n) is 10.0. The van der Waals surface area contributed by atoms with E-state index in [1.54, 1.807) is 0 Å². The number of urea groups is 1. The fraction of sp³-hybridized carbons (Fsp3) is 0.250. The fourth-order valence-corrected chi connectivity index (χ4v) is 3.95. The minimum Gasteiger partial charge on any atom is -0.328 e. The number of carbonyl (C=O) groups excluding carboxylic acids is 1. The van der Waals surface area contributed by atoms with Crippen molar-refractivity contribution in [2.24, 2.45) is 0 Å². The topological polar surface area (TPSA) is 66.1 Å². The normalized spacial score (nSPS) is 15.5. The standard InChI is InChI=1S/C24H26N4O/c1-18-17-20(11-14-26-18)19-7-9-22(10-8-19)27-23(29)28-24(12-15-25-16-13-24)21-5-3-2-4-6-21/h2-11,14,17,25H,12-13,15-16H2,1H3,(H2,27,28,29). The molecule has 1 fully saturated rings. The second-order valence-electron chi connectivity index (χ2n) is 7.54. The second kappa shape index (κ2) is 8.45. The Morgan fingerprint density at radius 3 is 2.38 bits per heavy atom. The smallest absolute Gasteiger partial charge is 0.319 e. The summed E-state index contributed by atoms with van der Waals surface area (Å²) in [5, 5.41) is 9.63. The van der Waals surface area contributed by atoms with Crippen molar-refractivity contribution in [2.75, 3.05) is 18.4 Å². The SMILES string of the molecule is Cc1cc(-c2ccc(NC(=O)NC3(c4ccccc4)CCNCC3)cc2)ccn1. The molecule has 0 bridgehead atoms. The Hall–Kier alpha value is -3.18. The maximum absolute atomic E-state index is 12.8. The van der Waals surface area contributed by atoms with E-state index in [2.05, 4.69) is 39.1 Å². The number of nitrogens with zero attached hydrogens (tertiary/aromatic N) is 1. The van der Waals surface area contributed by atoms with Crippen molar-refractivity contribution in [3.05, 3.63) is 84.2 Å². The van der Waals surface area contributed by atoms with Gasteiger partial charge in [0.2, 0.25) is 0 Å². The first kappa shape index (κ1) is 19.2. The van der Waals surface area contributed by atoms with Crippen LogP contribution in [0, 0.1) is 6.92 Å². The van der Waals surface area contributed by atoms with Crippen LogP contribution in [0.3, 0.4) is 0 Å². The summed E-state index contributed by atoms with van der Waals surface area (Å²) in [6, 6.07) is 22.0. The van der Waals surface area contributed by atoms with E-state index < -0.39 is 0 Å². The quantitative estimate of drug-likeness (QED) is 0.620. The van der Waals surface area contributed by atoms with Crippen molar-refractivity contribution in [2.45, 2.75) is 25.3 Å². The van der Waals surface area contributed by atoms with E-state index in [1.807, 2.05) is 61.7 Å². The number of pyridine rings is 1. The van der Waals surface area contributed by atoms with Gasteiger partial charge in [0.15, 0.2) is 0 Å². The molecular formula is C24H26N4O. The average Bonchev–Trinajstić information content (AvgIpc) is 2.75. The van der Waals surface area contributed by atoms with Crippen LogP contribution in [0.2, 0.25) is 0 Å². The predicted octanol–water partition coefficient (Wildman–Crippen LogP) is 4.46. The van der Waals surface area contributed by atoms with Crippen LogP contribution < -0.4 is 16.0 Å². The lowest BCUT2D eigenvalue weighted by atomic mass is 9.81. The molecule has 1 saturated heterocycles. The summed E-state index contributed by atoms with van der Waals surface area (Å²) < 4.78 is 0. The third kappa shape index (κ3) is 4.46. The van der Waals surface area contributed by atoms with Crippen LogP contribution >= 0.6 is 0 Å². The predicted molar refractivity (Wildman–Crippen MR) is 117 cm³/mol. The molecule has 0 radical (unpaired) electrons. The molecule has 2 amide bonds. The van der Waals surface area contributed by atoms with Gasteiger partial charge in [0, 0.05) is 17.6 Å². The van der Waals surface area contributed by atoms with Crippen LogP contribution in [0.1, 0.15) is 24.1 Å². The number of nitrogens with one attached hydrogen (secondary N) is 3. The Morgan fingerprint density at radius 2 is 1.69 bits per heavy atom. The molecule has 0 atom stereocenters. The molecule has 0 saturated carbocycles. The highest BCUT2D eigenvalue weighted by atomic mass is 16.2. The number of rotatable bonds is 4. The molecule has 0 spiro atoms. The van der Waals surface area contributed by atoms with Gasteiger partial charge in [-0.1, -0.05) is 42.5 Å². The Kier molecular flexibility index (Phi) is 5.58. The second-order valence-corrected chi connectivity index (χ2v) is 7.54. The maximum atomic E-state index is 12.8. The van der Waals surface area contributed by atoms with Gasteiger partial charge in [-0.15, -0.1) is 0 Å². The number of anilines is 1. The Morgan fingerprint density at radius 1 is 0.966 bits per heavy atom. The Labute approximate surface area is 171 Å². The third-order valence-electron chi connectivity index (χ3n) is 5.51. The molecule has 5 nitrogen and oxygen atoms in total. The summed E-state index contributed by atoms with van der Waals surface area (Å²) in [6.07, 6.45) is 3.54. The van der Waals surface area contributed by atoms with Crippen LogP contribution in [0.5, 0.6) is 0 Å². The molecule has 3 N–H and O–H groups in total. The summed E-state index contributed by atoms with van der Waals surface area (Å²) >= 11 is 0. The molecule has 148 valence electrons. The van der Waals surface area contributed by atoms with Gasteiger partial charge in [-0.3, -0.25) is 4.98 Å². The van der Waals surface area contributed by atoms with E-state index in [9.17, 15) is 4.79 Å². The maximum Gasteiger partial charge on any atom is 0.319 e.